The highest BCUT2D eigenvalue weighted by Gasteiger charge is 2.26. The van der Waals surface area contributed by atoms with Gasteiger partial charge >= 0.3 is 0 Å². The summed E-state index contributed by atoms with van der Waals surface area (Å²) in [5.74, 6) is 0.986. The molecule has 2 rings (SSSR count). The van der Waals surface area contributed by atoms with E-state index in [1.165, 1.54) is 25.7 Å². The van der Waals surface area contributed by atoms with E-state index in [9.17, 15) is 0 Å². The zero-order valence-corrected chi connectivity index (χ0v) is 12.0. The molecule has 1 aliphatic rings. The normalized spacial score (nSPS) is 20.7. The van der Waals surface area contributed by atoms with Gasteiger partial charge in [0.15, 0.2) is 0 Å². The summed E-state index contributed by atoms with van der Waals surface area (Å²) in [6, 6.07) is 0.580. The van der Waals surface area contributed by atoms with Gasteiger partial charge in [-0.3, -0.25) is 0 Å². The van der Waals surface area contributed by atoms with Crippen molar-refractivity contribution in [3.63, 3.8) is 0 Å². The average Bonchev–Trinajstić information content (AvgIpc) is 2.24. The Morgan fingerprint density at radius 2 is 2.06 bits per heavy atom. The maximum atomic E-state index is 4.28. The molecule has 1 saturated carbocycles. The second kappa shape index (κ2) is 4.85. The van der Waals surface area contributed by atoms with Gasteiger partial charge in [0.25, 0.3) is 0 Å². The first kappa shape index (κ1) is 12.1. The Hall–Kier alpha value is -0.390. The molecule has 0 unspecified atom stereocenters. The van der Waals surface area contributed by atoms with Crippen LogP contribution in [0.25, 0.3) is 0 Å². The molecule has 1 aliphatic carbocycles. The zero-order chi connectivity index (χ0) is 11.6. The molecular weight excluding hydrogens is 313 g/mol. The lowest BCUT2D eigenvalue weighted by atomic mass is 9.75. The first-order valence-electron chi connectivity index (χ1n) is 5.79. The molecule has 88 valence electrons. The molecule has 16 heavy (non-hydrogen) atoms. The van der Waals surface area contributed by atoms with E-state index in [2.05, 4.69) is 51.7 Å². The van der Waals surface area contributed by atoms with Crippen LogP contribution in [0.1, 0.15) is 39.5 Å². The van der Waals surface area contributed by atoms with E-state index in [4.69, 9.17) is 0 Å². The fourth-order valence-corrected chi connectivity index (χ4v) is 2.61. The topological polar surface area (TPSA) is 37.8 Å². The van der Waals surface area contributed by atoms with Crippen LogP contribution in [-0.4, -0.2) is 16.0 Å². The molecule has 1 heterocycles. The minimum Gasteiger partial charge on any atom is -0.366 e. The van der Waals surface area contributed by atoms with Crippen LogP contribution in [-0.2, 0) is 0 Å². The van der Waals surface area contributed by atoms with Crippen molar-refractivity contribution in [3.05, 3.63) is 16.1 Å². The predicted molar refractivity (Wildman–Crippen MR) is 74.4 cm³/mol. The Balaban J connectivity index is 1.95. The summed E-state index contributed by atoms with van der Waals surface area (Å²) in [5, 5.41) is 3.53. The monoisotopic (exact) mass is 331 g/mol. The standard InChI is InChI=1S/C12H18IN3/c1-12(2)5-3-9(4-6-12)16-11-10(13)7-14-8-15-11/h7-9H,3-6H2,1-2H3,(H,14,15,16). The van der Waals surface area contributed by atoms with Crippen molar-refractivity contribution in [1.82, 2.24) is 9.97 Å². The van der Waals surface area contributed by atoms with Gasteiger partial charge in [-0.1, -0.05) is 13.8 Å². The molecule has 3 nitrogen and oxygen atoms in total. The van der Waals surface area contributed by atoms with Crippen molar-refractivity contribution in [2.75, 3.05) is 5.32 Å². The fraction of sp³-hybridized carbons (Fsp3) is 0.667. The van der Waals surface area contributed by atoms with E-state index in [1.54, 1.807) is 6.33 Å². The summed E-state index contributed by atoms with van der Waals surface area (Å²) in [6.07, 6.45) is 8.54. The van der Waals surface area contributed by atoms with Crippen molar-refractivity contribution in [2.45, 2.75) is 45.6 Å². The summed E-state index contributed by atoms with van der Waals surface area (Å²) in [6.45, 7) is 4.72. The molecule has 1 fully saturated rings. The number of hydrogen-bond acceptors (Lipinski definition) is 3. The van der Waals surface area contributed by atoms with Crippen LogP contribution in [0.15, 0.2) is 12.5 Å². The SMILES string of the molecule is CC1(C)CCC(Nc2ncncc2I)CC1. The average molecular weight is 331 g/mol. The van der Waals surface area contributed by atoms with Crippen LogP contribution >= 0.6 is 22.6 Å². The van der Waals surface area contributed by atoms with Gasteiger partial charge in [0.05, 0.1) is 3.57 Å². The summed E-state index contributed by atoms with van der Waals surface area (Å²) in [5.41, 5.74) is 0.525. The Kier molecular flexibility index (Phi) is 3.66. The Bertz CT molecular complexity index is 355. The lowest BCUT2D eigenvalue weighted by molar-refractivity contribution is 0.232. The molecule has 0 bridgehead atoms. The Labute approximate surface area is 111 Å². The van der Waals surface area contributed by atoms with E-state index in [0.29, 0.717) is 11.5 Å². The van der Waals surface area contributed by atoms with Crippen LogP contribution in [0.3, 0.4) is 0 Å². The van der Waals surface area contributed by atoms with Gasteiger partial charge < -0.3 is 5.32 Å². The molecule has 0 spiro atoms. The van der Waals surface area contributed by atoms with Crippen molar-refractivity contribution in [3.8, 4) is 0 Å². The molecule has 1 N–H and O–H groups in total. The molecule has 0 amide bonds. The first-order chi connectivity index (χ1) is 7.57. The Morgan fingerprint density at radius 1 is 1.38 bits per heavy atom. The molecule has 0 saturated heterocycles. The predicted octanol–water partition coefficient (Wildman–Crippen LogP) is 3.46. The van der Waals surface area contributed by atoms with Crippen molar-refractivity contribution >= 4 is 28.4 Å². The van der Waals surface area contributed by atoms with Gasteiger partial charge in [0, 0.05) is 12.2 Å². The van der Waals surface area contributed by atoms with Crippen molar-refractivity contribution in [2.24, 2.45) is 5.41 Å². The third-order valence-electron chi connectivity index (χ3n) is 3.35. The van der Waals surface area contributed by atoms with Crippen LogP contribution in [0.2, 0.25) is 0 Å². The summed E-state index contributed by atoms with van der Waals surface area (Å²) >= 11 is 2.28. The van der Waals surface area contributed by atoms with Gasteiger partial charge in [-0.2, -0.15) is 0 Å². The number of halogens is 1. The van der Waals surface area contributed by atoms with Gasteiger partial charge in [0.1, 0.15) is 12.1 Å². The van der Waals surface area contributed by atoms with E-state index >= 15 is 0 Å². The highest BCUT2D eigenvalue weighted by Crippen LogP contribution is 2.36. The van der Waals surface area contributed by atoms with Crippen molar-refractivity contribution < 1.29 is 0 Å². The van der Waals surface area contributed by atoms with Crippen LogP contribution < -0.4 is 5.32 Å². The maximum Gasteiger partial charge on any atom is 0.143 e. The Morgan fingerprint density at radius 3 is 2.69 bits per heavy atom. The lowest BCUT2D eigenvalue weighted by Gasteiger charge is -2.34. The first-order valence-corrected chi connectivity index (χ1v) is 6.87. The molecule has 1 aromatic rings. The second-order valence-electron chi connectivity index (χ2n) is 5.30. The summed E-state index contributed by atoms with van der Waals surface area (Å²) < 4.78 is 1.10. The fourth-order valence-electron chi connectivity index (χ4n) is 2.16. The van der Waals surface area contributed by atoms with Gasteiger partial charge in [-0.15, -0.1) is 0 Å². The third-order valence-corrected chi connectivity index (χ3v) is 4.14. The molecule has 0 atom stereocenters. The summed E-state index contributed by atoms with van der Waals surface area (Å²) in [4.78, 5) is 8.28. The molecular formula is C12H18IN3. The smallest absolute Gasteiger partial charge is 0.143 e. The zero-order valence-electron chi connectivity index (χ0n) is 9.83. The van der Waals surface area contributed by atoms with Crippen LogP contribution in [0.5, 0.6) is 0 Å². The number of hydrogen-bond donors (Lipinski definition) is 1. The highest BCUT2D eigenvalue weighted by molar-refractivity contribution is 14.1. The number of rotatable bonds is 2. The minimum atomic E-state index is 0.525. The van der Waals surface area contributed by atoms with E-state index in [0.717, 1.165) is 9.39 Å². The second-order valence-corrected chi connectivity index (χ2v) is 6.46. The highest BCUT2D eigenvalue weighted by atomic mass is 127. The van der Waals surface area contributed by atoms with Gasteiger partial charge in [-0.05, 0) is 53.7 Å². The minimum absolute atomic E-state index is 0.525. The number of nitrogens with zero attached hydrogens (tertiary/aromatic N) is 2. The molecule has 0 aromatic carbocycles. The lowest BCUT2D eigenvalue weighted by Crippen LogP contribution is -2.30. The molecule has 4 heteroatoms. The molecule has 0 aliphatic heterocycles. The van der Waals surface area contributed by atoms with Gasteiger partial charge in [0.2, 0.25) is 0 Å². The van der Waals surface area contributed by atoms with E-state index < -0.39 is 0 Å². The largest absolute Gasteiger partial charge is 0.366 e. The van der Waals surface area contributed by atoms with Crippen molar-refractivity contribution in [1.29, 1.82) is 0 Å². The number of nitrogens with one attached hydrogen (secondary N) is 1. The third kappa shape index (κ3) is 3.06. The van der Waals surface area contributed by atoms with E-state index in [-0.39, 0.29) is 0 Å². The van der Waals surface area contributed by atoms with E-state index in [1.807, 2.05) is 6.20 Å². The molecule has 1 aromatic heterocycles. The van der Waals surface area contributed by atoms with Crippen LogP contribution in [0.4, 0.5) is 5.82 Å². The summed E-state index contributed by atoms with van der Waals surface area (Å²) in [7, 11) is 0. The quantitative estimate of drug-likeness (QED) is 0.844. The number of anilines is 1. The molecule has 0 radical (unpaired) electrons. The maximum absolute atomic E-state index is 4.28. The number of aromatic nitrogens is 2. The van der Waals surface area contributed by atoms with Crippen LogP contribution in [0, 0.1) is 8.99 Å². The van der Waals surface area contributed by atoms with Gasteiger partial charge in [-0.25, -0.2) is 9.97 Å².